The van der Waals surface area contributed by atoms with Crippen molar-refractivity contribution in [2.24, 2.45) is 0 Å². The van der Waals surface area contributed by atoms with E-state index in [1.807, 2.05) is 6.07 Å². The van der Waals surface area contributed by atoms with Crippen molar-refractivity contribution in [1.82, 2.24) is 4.98 Å². The van der Waals surface area contributed by atoms with Crippen molar-refractivity contribution >= 4 is 18.0 Å². The minimum Gasteiger partial charge on any atom is -0.383 e. The highest BCUT2D eigenvalue weighted by molar-refractivity contribution is 5.69. The van der Waals surface area contributed by atoms with Gasteiger partial charge in [0.1, 0.15) is 11.6 Å². The van der Waals surface area contributed by atoms with E-state index in [-0.39, 0.29) is 0 Å². The first-order chi connectivity index (χ1) is 7.27. The molecule has 0 aliphatic carbocycles. The molecule has 1 rings (SSSR count). The van der Waals surface area contributed by atoms with E-state index >= 15 is 0 Å². The highest BCUT2D eigenvalue weighted by Gasteiger charge is 2.01. The molecular formula is C11H17N3O. The van der Waals surface area contributed by atoms with Gasteiger partial charge in [0.2, 0.25) is 6.41 Å². The van der Waals surface area contributed by atoms with Crippen LogP contribution in [-0.4, -0.2) is 11.4 Å². The van der Waals surface area contributed by atoms with Crippen molar-refractivity contribution < 1.29 is 4.79 Å². The van der Waals surface area contributed by atoms with Crippen LogP contribution in [-0.2, 0) is 11.2 Å². The first kappa shape index (κ1) is 11.5. The van der Waals surface area contributed by atoms with Crippen molar-refractivity contribution in [2.45, 2.75) is 32.6 Å². The Bertz CT molecular complexity index is 326. The number of anilines is 2. The summed E-state index contributed by atoms with van der Waals surface area (Å²) in [5.74, 6) is 1.01. The Labute approximate surface area is 89.9 Å². The molecule has 0 radical (unpaired) electrons. The molecule has 4 heteroatoms. The van der Waals surface area contributed by atoms with Gasteiger partial charge >= 0.3 is 0 Å². The lowest BCUT2D eigenvalue weighted by Gasteiger charge is -2.06. The zero-order chi connectivity index (χ0) is 11.1. The van der Waals surface area contributed by atoms with E-state index in [1.165, 1.54) is 12.8 Å². The number of hydrogen-bond donors (Lipinski definition) is 2. The maximum absolute atomic E-state index is 10.2. The maximum Gasteiger partial charge on any atom is 0.212 e. The van der Waals surface area contributed by atoms with Crippen molar-refractivity contribution in [2.75, 3.05) is 11.1 Å². The van der Waals surface area contributed by atoms with Crippen LogP contribution in [0.15, 0.2) is 12.1 Å². The van der Waals surface area contributed by atoms with Gasteiger partial charge in [-0.3, -0.25) is 4.79 Å². The number of unbranched alkanes of at least 4 members (excludes halogenated alkanes) is 2. The fourth-order valence-corrected chi connectivity index (χ4v) is 1.42. The molecule has 1 amide bonds. The molecule has 0 saturated carbocycles. The minimum absolute atomic E-state index is 0.502. The lowest BCUT2D eigenvalue weighted by atomic mass is 10.1. The number of aryl methyl sites for hydroxylation is 1. The standard InChI is InChI=1S/C11H17N3O/c1-2-3-4-5-9-6-7-10(13-8-15)14-11(9)12/h6-8H,2-5H2,1H3,(H3,12,13,14,15). The van der Waals surface area contributed by atoms with Gasteiger partial charge in [-0.25, -0.2) is 4.98 Å². The molecule has 0 fully saturated rings. The summed E-state index contributed by atoms with van der Waals surface area (Å²) in [6, 6.07) is 3.69. The average molecular weight is 207 g/mol. The van der Waals surface area contributed by atoms with Gasteiger partial charge in [-0.1, -0.05) is 25.8 Å². The third-order valence-electron chi connectivity index (χ3n) is 2.27. The number of carbonyl (C=O) groups is 1. The Hall–Kier alpha value is -1.58. The van der Waals surface area contributed by atoms with Crippen molar-refractivity contribution in [3.05, 3.63) is 17.7 Å². The molecular weight excluding hydrogens is 190 g/mol. The van der Waals surface area contributed by atoms with E-state index < -0.39 is 0 Å². The van der Waals surface area contributed by atoms with Crippen molar-refractivity contribution in [3.8, 4) is 0 Å². The largest absolute Gasteiger partial charge is 0.383 e. The predicted molar refractivity (Wildman–Crippen MR) is 61.6 cm³/mol. The quantitative estimate of drug-likeness (QED) is 0.553. The van der Waals surface area contributed by atoms with Crippen LogP contribution in [0.4, 0.5) is 11.6 Å². The average Bonchev–Trinajstić information content (AvgIpc) is 2.22. The summed E-state index contributed by atoms with van der Waals surface area (Å²) in [6.07, 6.45) is 5.07. The SMILES string of the molecule is CCCCCc1ccc(NC=O)nc1N. The molecule has 1 aromatic heterocycles. The topological polar surface area (TPSA) is 68.0 Å². The maximum atomic E-state index is 10.2. The summed E-state index contributed by atoms with van der Waals surface area (Å²) in [5.41, 5.74) is 6.82. The first-order valence-electron chi connectivity index (χ1n) is 5.23. The van der Waals surface area contributed by atoms with Crippen molar-refractivity contribution in [1.29, 1.82) is 0 Å². The van der Waals surface area contributed by atoms with Crippen LogP contribution in [0.25, 0.3) is 0 Å². The van der Waals surface area contributed by atoms with Gasteiger partial charge in [0.15, 0.2) is 0 Å². The molecule has 0 unspecified atom stereocenters. The minimum atomic E-state index is 0.502. The second-order valence-corrected chi connectivity index (χ2v) is 3.46. The van der Waals surface area contributed by atoms with Gasteiger partial charge in [0.25, 0.3) is 0 Å². The molecule has 1 heterocycles. The van der Waals surface area contributed by atoms with E-state index in [0.717, 1.165) is 18.4 Å². The monoisotopic (exact) mass is 207 g/mol. The van der Waals surface area contributed by atoms with Crippen LogP contribution in [0, 0.1) is 0 Å². The summed E-state index contributed by atoms with van der Waals surface area (Å²) in [6.45, 7) is 2.17. The Morgan fingerprint density at radius 3 is 2.87 bits per heavy atom. The third kappa shape index (κ3) is 3.58. The van der Waals surface area contributed by atoms with Gasteiger partial charge in [-0.15, -0.1) is 0 Å². The molecule has 0 aromatic carbocycles. The Balaban J connectivity index is 2.61. The Kier molecular flexibility index (Phi) is 4.60. The number of nitrogens with one attached hydrogen (secondary N) is 1. The number of rotatable bonds is 6. The van der Waals surface area contributed by atoms with Crippen LogP contribution in [0.1, 0.15) is 31.7 Å². The van der Waals surface area contributed by atoms with Crippen molar-refractivity contribution in [3.63, 3.8) is 0 Å². The van der Waals surface area contributed by atoms with Crippen LogP contribution in [0.5, 0.6) is 0 Å². The molecule has 4 nitrogen and oxygen atoms in total. The van der Waals surface area contributed by atoms with Gasteiger partial charge in [0.05, 0.1) is 0 Å². The molecule has 0 spiro atoms. The van der Waals surface area contributed by atoms with Crippen LogP contribution >= 0.6 is 0 Å². The molecule has 0 atom stereocenters. The van der Waals surface area contributed by atoms with Gasteiger partial charge in [0, 0.05) is 0 Å². The summed E-state index contributed by atoms with van der Waals surface area (Å²) < 4.78 is 0. The molecule has 82 valence electrons. The van der Waals surface area contributed by atoms with Gasteiger partial charge < -0.3 is 11.1 Å². The number of carbonyl (C=O) groups excluding carboxylic acids is 1. The van der Waals surface area contributed by atoms with Gasteiger partial charge in [-0.05, 0) is 24.5 Å². The second kappa shape index (κ2) is 6.01. The lowest BCUT2D eigenvalue weighted by molar-refractivity contribution is -0.105. The molecule has 3 N–H and O–H groups in total. The van der Waals surface area contributed by atoms with E-state index in [2.05, 4.69) is 17.2 Å². The van der Waals surface area contributed by atoms with Gasteiger partial charge in [-0.2, -0.15) is 0 Å². The Morgan fingerprint density at radius 1 is 1.47 bits per heavy atom. The molecule has 0 aliphatic rings. The van der Waals surface area contributed by atoms with E-state index in [1.54, 1.807) is 6.07 Å². The molecule has 0 bridgehead atoms. The molecule has 0 saturated heterocycles. The molecule has 15 heavy (non-hydrogen) atoms. The predicted octanol–water partition coefficient (Wildman–Crippen LogP) is 1.96. The normalized spacial score (nSPS) is 9.93. The third-order valence-corrected chi connectivity index (χ3v) is 2.27. The number of nitrogen functional groups attached to an aromatic ring is 1. The fourth-order valence-electron chi connectivity index (χ4n) is 1.42. The summed E-state index contributed by atoms with van der Waals surface area (Å²) in [5, 5.41) is 2.47. The smallest absolute Gasteiger partial charge is 0.212 e. The second-order valence-electron chi connectivity index (χ2n) is 3.46. The number of hydrogen-bond acceptors (Lipinski definition) is 3. The molecule has 1 aromatic rings. The number of pyridine rings is 1. The van der Waals surface area contributed by atoms with Crippen LogP contribution in [0.2, 0.25) is 0 Å². The van der Waals surface area contributed by atoms with E-state index in [9.17, 15) is 4.79 Å². The highest BCUT2D eigenvalue weighted by atomic mass is 16.1. The summed E-state index contributed by atoms with van der Waals surface area (Å²) in [4.78, 5) is 14.3. The Morgan fingerprint density at radius 2 is 2.27 bits per heavy atom. The summed E-state index contributed by atoms with van der Waals surface area (Å²) in [7, 11) is 0. The van der Waals surface area contributed by atoms with Crippen LogP contribution in [0.3, 0.4) is 0 Å². The fraction of sp³-hybridized carbons (Fsp3) is 0.455. The van der Waals surface area contributed by atoms with E-state index in [4.69, 9.17) is 5.73 Å². The zero-order valence-electron chi connectivity index (χ0n) is 8.99. The number of aromatic nitrogens is 1. The number of nitrogens with zero attached hydrogens (tertiary/aromatic N) is 1. The summed E-state index contributed by atoms with van der Waals surface area (Å²) >= 11 is 0. The zero-order valence-corrected chi connectivity index (χ0v) is 8.99. The lowest BCUT2D eigenvalue weighted by Crippen LogP contribution is -2.03. The van der Waals surface area contributed by atoms with Crippen LogP contribution < -0.4 is 11.1 Å². The first-order valence-corrected chi connectivity index (χ1v) is 5.23. The molecule has 0 aliphatic heterocycles. The number of nitrogens with two attached hydrogens (primary N) is 1. The van der Waals surface area contributed by atoms with E-state index in [0.29, 0.717) is 18.0 Å². The highest BCUT2D eigenvalue weighted by Crippen LogP contribution is 2.15. The number of amides is 1.